The van der Waals surface area contributed by atoms with Gasteiger partial charge >= 0.3 is 0 Å². The van der Waals surface area contributed by atoms with E-state index in [4.69, 9.17) is 5.73 Å². The first-order valence-electron chi connectivity index (χ1n) is 2.33. The molecule has 0 aliphatic heterocycles. The Labute approximate surface area is 70.5 Å². The average Bonchev–Trinajstić information content (AvgIpc) is 1.80. The molecule has 3 heteroatoms. The average molecular weight is 250 g/mol. The summed E-state index contributed by atoms with van der Waals surface area (Å²) < 4.78 is 1.83. The predicted molar refractivity (Wildman–Crippen MR) is 45.1 cm³/mol. The number of hydrogen-bond acceptors (Lipinski definition) is 1. The third-order valence-electron chi connectivity index (χ3n) is 0.873. The summed E-state index contributed by atoms with van der Waals surface area (Å²) in [7, 11) is 0. The molecule has 0 saturated heterocycles. The summed E-state index contributed by atoms with van der Waals surface area (Å²) >= 11 is 6.56. The van der Waals surface area contributed by atoms with Crippen LogP contribution in [0.2, 0.25) is 0 Å². The molecule has 0 atom stereocenters. The second kappa shape index (κ2) is 2.71. The van der Waals surface area contributed by atoms with E-state index in [0.29, 0.717) is 5.69 Å². The second-order valence-electron chi connectivity index (χ2n) is 1.58. The normalized spacial score (nSPS) is 9.56. The van der Waals surface area contributed by atoms with Gasteiger partial charge in [-0.2, -0.15) is 0 Å². The summed E-state index contributed by atoms with van der Waals surface area (Å²) in [6, 6.07) is 6.54. The third-order valence-corrected chi connectivity index (χ3v) is 2.69. The molecule has 0 saturated carbocycles. The number of nitrogen functional groups attached to an aromatic ring is 1. The monoisotopic (exact) mass is 248 g/mol. The Morgan fingerprint density at radius 3 is 2.44 bits per heavy atom. The number of nitrogens with two attached hydrogens (primary N) is 1. The maximum atomic E-state index is 5.42. The first kappa shape index (κ1) is 7.09. The van der Waals surface area contributed by atoms with Crippen LogP contribution in [0, 0.1) is 6.07 Å². The number of benzene rings is 1. The van der Waals surface area contributed by atoms with Crippen molar-refractivity contribution in [2.75, 3.05) is 5.73 Å². The molecule has 1 radical (unpaired) electrons. The molecule has 2 N–H and O–H groups in total. The minimum Gasteiger partial charge on any atom is -0.398 e. The predicted octanol–water partition coefficient (Wildman–Crippen LogP) is 2.59. The molecule has 1 rings (SSSR count). The van der Waals surface area contributed by atoms with Gasteiger partial charge in [-0.3, -0.25) is 0 Å². The molecule has 0 amide bonds. The first-order valence-corrected chi connectivity index (χ1v) is 3.91. The summed E-state index contributed by atoms with van der Waals surface area (Å²) in [5.41, 5.74) is 6.06. The second-order valence-corrected chi connectivity index (χ2v) is 3.22. The smallest absolute Gasteiger partial charge is 0.0417 e. The quantitative estimate of drug-likeness (QED) is 0.703. The van der Waals surface area contributed by atoms with Crippen molar-refractivity contribution in [3.05, 3.63) is 27.1 Å². The molecule has 0 aliphatic carbocycles. The van der Waals surface area contributed by atoms with Crippen LogP contribution in [0.3, 0.4) is 0 Å². The van der Waals surface area contributed by atoms with Crippen molar-refractivity contribution in [2.45, 2.75) is 0 Å². The molecule has 0 bridgehead atoms. The summed E-state index contributed by atoms with van der Waals surface area (Å²) in [6.07, 6.45) is 0. The number of halogens is 2. The molecule has 1 nitrogen and oxygen atoms in total. The van der Waals surface area contributed by atoms with E-state index in [1.807, 2.05) is 6.07 Å². The molecule has 47 valence electrons. The van der Waals surface area contributed by atoms with Gasteiger partial charge in [0.2, 0.25) is 0 Å². The van der Waals surface area contributed by atoms with Crippen LogP contribution in [0.25, 0.3) is 0 Å². The summed E-state index contributed by atoms with van der Waals surface area (Å²) in [6.45, 7) is 0. The Bertz CT molecular complexity index is 222. The highest BCUT2D eigenvalue weighted by atomic mass is 79.9. The van der Waals surface area contributed by atoms with Crippen molar-refractivity contribution in [3.63, 3.8) is 0 Å². The van der Waals surface area contributed by atoms with E-state index in [1.165, 1.54) is 0 Å². The van der Waals surface area contributed by atoms with E-state index >= 15 is 0 Å². The zero-order valence-corrected chi connectivity index (χ0v) is 7.66. The van der Waals surface area contributed by atoms with Crippen LogP contribution in [0.5, 0.6) is 0 Å². The van der Waals surface area contributed by atoms with Gasteiger partial charge in [0.25, 0.3) is 0 Å². The Morgan fingerprint density at radius 2 is 2.00 bits per heavy atom. The van der Waals surface area contributed by atoms with Gasteiger partial charge in [0.1, 0.15) is 0 Å². The highest BCUT2D eigenvalue weighted by Crippen LogP contribution is 2.23. The molecule has 0 heterocycles. The molecule has 0 fully saturated rings. The molecule has 0 spiro atoms. The lowest BCUT2D eigenvalue weighted by molar-refractivity contribution is 1.57. The van der Waals surface area contributed by atoms with Gasteiger partial charge in [-0.15, -0.1) is 0 Å². The van der Waals surface area contributed by atoms with Crippen molar-refractivity contribution in [2.24, 2.45) is 0 Å². The van der Waals surface area contributed by atoms with Crippen LogP contribution in [0.15, 0.2) is 21.1 Å². The zero-order chi connectivity index (χ0) is 6.85. The zero-order valence-electron chi connectivity index (χ0n) is 4.49. The Hall–Kier alpha value is -0.0200. The molecule has 1 aromatic rings. The lowest BCUT2D eigenvalue weighted by atomic mass is 10.3. The van der Waals surface area contributed by atoms with Gasteiger partial charge in [0, 0.05) is 20.7 Å². The summed E-state index contributed by atoms with van der Waals surface area (Å²) in [5, 5.41) is 0. The van der Waals surface area contributed by atoms with Gasteiger partial charge < -0.3 is 5.73 Å². The molecular formula is C6H4Br2N. The van der Waals surface area contributed by atoms with E-state index in [2.05, 4.69) is 37.9 Å². The minimum absolute atomic E-state index is 0.644. The highest BCUT2D eigenvalue weighted by molar-refractivity contribution is 9.13. The van der Waals surface area contributed by atoms with Crippen LogP contribution >= 0.6 is 31.9 Å². The molecule has 0 aromatic heterocycles. The fourth-order valence-corrected chi connectivity index (χ4v) is 1.06. The number of anilines is 1. The van der Waals surface area contributed by atoms with Crippen molar-refractivity contribution in [1.82, 2.24) is 0 Å². The van der Waals surface area contributed by atoms with Crippen LogP contribution in [-0.4, -0.2) is 0 Å². The van der Waals surface area contributed by atoms with E-state index in [1.54, 1.807) is 6.07 Å². The molecule has 9 heavy (non-hydrogen) atoms. The Morgan fingerprint density at radius 1 is 1.33 bits per heavy atom. The van der Waals surface area contributed by atoms with Crippen molar-refractivity contribution in [1.29, 1.82) is 0 Å². The lowest BCUT2D eigenvalue weighted by Crippen LogP contribution is -1.83. The lowest BCUT2D eigenvalue weighted by Gasteiger charge is -1.94. The van der Waals surface area contributed by atoms with Gasteiger partial charge in [-0.1, -0.05) is 0 Å². The topological polar surface area (TPSA) is 26.0 Å². The van der Waals surface area contributed by atoms with Gasteiger partial charge in [0.05, 0.1) is 0 Å². The van der Waals surface area contributed by atoms with Crippen LogP contribution < -0.4 is 5.73 Å². The van der Waals surface area contributed by atoms with Gasteiger partial charge in [-0.05, 0) is 44.0 Å². The maximum absolute atomic E-state index is 5.42. The molecule has 0 aliphatic rings. The minimum atomic E-state index is 0.644. The summed E-state index contributed by atoms with van der Waals surface area (Å²) in [5.74, 6) is 0. The Kier molecular flexibility index (Phi) is 2.13. The van der Waals surface area contributed by atoms with E-state index < -0.39 is 0 Å². The van der Waals surface area contributed by atoms with Gasteiger partial charge in [-0.25, -0.2) is 0 Å². The largest absolute Gasteiger partial charge is 0.398 e. The Balaban J connectivity index is 3.17. The SMILES string of the molecule is Nc1[c]c(Br)c(Br)cc1. The number of hydrogen-bond donors (Lipinski definition) is 1. The van der Waals surface area contributed by atoms with E-state index in [-0.39, 0.29) is 0 Å². The molecule has 0 unspecified atom stereocenters. The third kappa shape index (κ3) is 1.69. The first-order chi connectivity index (χ1) is 4.20. The molecular weight excluding hydrogens is 246 g/mol. The molecule has 1 aromatic carbocycles. The van der Waals surface area contributed by atoms with Gasteiger partial charge in [0.15, 0.2) is 0 Å². The van der Waals surface area contributed by atoms with Crippen molar-refractivity contribution in [3.8, 4) is 0 Å². The standard InChI is InChI=1S/C6H4Br2N/c7-5-2-1-4(9)3-6(5)8/h1-2H,9H2. The number of rotatable bonds is 0. The van der Waals surface area contributed by atoms with Crippen molar-refractivity contribution >= 4 is 37.5 Å². The van der Waals surface area contributed by atoms with Crippen LogP contribution in [0.1, 0.15) is 0 Å². The fraction of sp³-hybridized carbons (Fsp3) is 0. The van der Waals surface area contributed by atoms with E-state index in [9.17, 15) is 0 Å². The van der Waals surface area contributed by atoms with E-state index in [0.717, 1.165) is 8.95 Å². The maximum Gasteiger partial charge on any atom is 0.0417 e. The summed E-state index contributed by atoms with van der Waals surface area (Å²) in [4.78, 5) is 0. The van der Waals surface area contributed by atoms with Crippen LogP contribution in [0.4, 0.5) is 5.69 Å². The van der Waals surface area contributed by atoms with Crippen molar-refractivity contribution < 1.29 is 0 Å². The highest BCUT2D eigenvalue weighted by Gasteiger charge is 1.94. The fourth-order valence-electron chi connectivity index (χ4n) is 0.464. The van der Waals surface area contributed by atoms with Crippen LogP contribution in [-0.2, 0) is 0 Å².